The molecule has 50 valence electrons. The Morgan fingerprint density at radius 3 is 3.00 bits per heavy atom. The number of rotatable bonds is 1. The minimum absolute atomic E-state index is 0. The molecule has 1 saturated carbocycles. The highest BCUT2D eigenvalue weighted by Gasteiger charge is 2.26. The third-order valence-electron chi connectivity index (χ3n) is 1.72. The van der Waals surface area contributed by atoms with Gasteiger partial charge in [-0.3, -0.25) is 5.10 Å². The van der Waals surface area contributed by atoms with Gasteiger partial charge in [-0.25, -0.2) is 0 Å². The van der Waals surface area contributed by atoms with E-state index in [2.05, 4.69) is 10.2 Å². The lowest BCUT2D eigenvalue weighted by Gasteiger charge is -1.89. The first-order valence-electron chi connectivity index (χ1n) is 3.16. The number of hydrogen-bond acceptors (Lipinski definition) is 2. The highest BCUT2D eigenvalue weighted by Crippen LogP contribution is 2.41. The van der Waals surface area contributed by atoms with Crippen LogP contribution in [-0.2, 0) is 0 Å². The zero-order valence-corrected chi connectivity index (χ0v) is 5.09. The van der Waals surface area contributed by atoms with Crippen LogP contribution in [0.1, 0.15) is 25.7 Å². The number of H-pyrrole nitrogens is 1. The Kier molecular flexibility index (Phi) is 0.806. The van der Waals surface area contributed by atoms with Crippen molar-refractivity contribution in [1.82, 2.24) is 10.2 Å². The van der Waals surface area contributed by atoms with Crippen molar-refractivity contribution in [3.63, 3.8) is 0 Å². The average Bonchev–Trinajstić information content (AvgIpc) is 2.58. The molecule has 0 aromatic carbocycles. The lowest BCUT2D eigenvalue weighted by molar-refractivity contribution is 1.10. The highest BCUT2D eigenvalue weighted by atomic mass is 15.1. The number of hydrogen-bond donors (Lipinski definition) is 2. The third kappa shape index (κ3) is 0.686. The monoisotopic (exact) mass is 125 g/mol. The van der Waals surface area contributed by atoms with E-state index in [1.165, 1.54) is 18.4 Å². The van der Waals surface area contributed by atoms with Crippen LogP contribution in [-0.4, -0.2) is 10.2 Å². The van der Waals surface area contributed by atoms with Gasteiger partial charge in [0.05, 0.1) is 6.20 Å². The predicted octanol–water partition coefficient (Wildman–Crippen LogP) is 1.12. The van der Waals surface area contributed by atoms with Crippen LogP contribution in [0.4, 0.5) is 5.82 Å². The van der Waals surface area contributed by atoms with Gasteiger partial charge >= 0.3 is 0 Å². The Balaban J connectivity index is 0.000000500. The Morgan fingerprint density at radius 1 is 1.78 bits per heavy atom. The van der Waals surface area contributed by atoms with E-state index in [4.69, 9.17) is 5.73 Å². The molecule has 1 aliphatic carbocycles. The number of aromatic nitrogens is 2. The molecule has 9 heavy (non-hydrogen) atoms. The predicted molar refractivity (Wildman–Crippen MR) is 37.1 cm³/mol. The quantitative estimate of drug-likeness (QED) is 0.590. The number of nitrogen functional groups attached to an aromatic ring is 1. The first kappa shape index (κ1) is 4.85. The van der Waals surface area contributed by atoms with Crippen molar-refractivity contribution in [2.24, 2.45) is 0 Å². The number of nitrogens with one attached hydrogen (secondary N) is 1. The van der Waals surface area contributed by atoms with Crippen LogP contribution in [0.5, 0.6) is 0 Å². The molecule has 0 amide bonds. The lowest BCUT2D eigenvalue weighted by atomic mass is 10.2. The Labute approximate surface area is 54.7 Å². The maximum Gasteiger partial charge on any atom is 0.122 e. The fraction of sp³-hybridized carbons (Fsp3) is 0.500. The van der Waals surface area contributed by atoms with Gasteiger partial charge in [0.25, 0.3) is 0 Å². The van der Waals surface area contributed by atoms with Gasteiger partial charge in [0.1, 0.15) is 5.82 Å². The maximum atomic E-state index is 5.56. The van der Waals surface area contributed by atoms with Crippen molar-refractivity contribution in [3.8, 4) is 0 Å². The van der Waals surface area contributed by atoms with E-state index in [9.17, 15) is 0 Å². The van der Waals surface area contributed by atoms with Gasteiger partial charge in [-0.1, -0.05) is 0 Å². The summed E-state index contributed by atoms with van der Waals surface area (Å²) in [5.41, 5.74) is 6.77. The van der Waals surface area contributed by atoms with Crippen molar-refractivity contribution in [1.29, 1.82) is 0 Å². The SMILES string of the molecule is Nc1[nH]ncc1C1CC1.[HH]. The van der Waals surface area contributed by atoms with Crippen molar-refractivity contribution in [3.05, 3.63) is 11.8 Å². The fourth-order valence-electron chi connectivity index (χ4n) is 1.03. The summed E-state index contributed by atoms with van der Waals surface area (Å²) in [7, 11) is 0. The van der Waals surface area contributed by atoms with Crippen LogP contribution >= 0.6 is 0 Å². The molecular weight excluding hydrogens is 114 g/mol. The van der Waals surface area contributed by atoms with E-state index >= 15 is 0 Å². The van der Waals surface area contributed by atoms with Gasteiger partial charge < -0.3 is 5.73 Å². The number of nitrogens with zero attached hydrogens (tertiary/aromatic N) is 1. The molecule has 0 aliphatic heterocycles. The van der Waals surface area contributed by atoms with Crippen molar-refractivity contribution in [2.75, 3.05) is 5.73 Å². The van der Waals surface area contributed by atoms with Crippen molar-refractivity contribution < 1.29 is 1.43 Å². The van der Waals surface area contributed by atoms with Gasteiger partial charge in [0.15, 0.2) is 0 Å². The Hall–Kier alpha value is -0.990. The maximum absolute atomic E-state index is 5.56. The molecule has 3 nitrogen and oxygen atoms in total. The van der Waals surface area contributed by atoms with E-state index in [0.717, 1.165) is 5.82 Å². The highest BCUT2D eigenvalue weighted by molar-refractivity contribution is 5.41. The third-order valence-corrected chi connectivity index (χ3v) is 1.72. The van der Waals surface area contributed by atoms with E-state index in [1.54, 1.807) is 0 Å². The van der Waals surface area contributed by atoms with E-state index in [0.29, 0.717) is 5.92 Å². The summed E-state index contributed by atoms with van der Waals surface area (Å²) >= 11 is 0. The normalized spacial score (nSPS) is 18.2. The van der Waals surface area contributed by atoms with Crippen LogP contribution in [0.15, 0.2) is 6.20 Å². The van der Waals surface area contributed by atoms with Gasteiger partial charge in [-0.15, -0.1) is 0 Å². The van der Waals surface area contributed by atoms with Crippen molar-refractivity contribution in [2.45, 2.75) is 18.8 Å². The average molecular weight is 125 g/mol. The van der Waals surface area contributed by atoms with Crippen LogP contribution in [0.3, 0.4) is 0 Å². The first-order chi connectivity index (χ1) is 4.38. The lowest BCUT2D eigenvalue weighted by Crippen LogP contribution is -1.88. The molecule has 3 N–H and O–H groups in total. The molecule has 1 fully saturated rings. The molecule has 0 radical (unpaired) electrons. The molecule has 0 spiro atoms. The van der Waals surface area contributed by atoms with Crippen molar-refractivity contribution >= 4 is 5.82 Å². The Morgan fingerprint density at radius 2 is 2.56 bits per heavy atom. The molecule has 0 atom stereocenters. The van der Waals surface area contributed by atoms with Gasteiger partial charge in [0.2, 0.25) is 0 Å². The zero-order chi connectivity index (χ0) is 6.27. The first-order valence-corrected chi connectivity index (χ1v) is 3.16. The molecule has 1 aliphatic rings. The van der Waals surface area contributed by atoms with Crippen LogP contribution in [0.25, 0.3) is 0 Å². The molecule has 1 aromatic heterocycles. The second-order valence-corrected chi connectivity index (χ2v) is 2.51. The summed E-state index contributed by atoms with van der Waals surface area (Å²) in [4.78, 5) is 0. The molecular formula is C6H11N3. The summed E-state index contributed by atoms with van der Waals surface area (Å²) in [6.45, 7) is 0. The largest absolute Gasteiger partial charge is 0.384 e. The molecule has 3 heteroatoms. The van der Waals surface area contributed by atoms with Gasteiger partial charge in [0, 0.05) is 6.99 Å². The molecule has 0 unspecified atom stereocenters. The molecule has 2 rings (SSSR count). The van der Waals surface area contributed by atoms with E-state index in [-0.39, 0.29) is 1.43 Å². The summed E-state index contributed by atoms with van der Waals surface area (Å²) in [6, 6.07) is 0. The summed E-state index contributed by atoms with van der Waals surface area (Å²) in [5.74, 6) is 1.46. The van der Waals surface area contributed by atoms with E-state index in [1.807, 2.05) is 6.20 Å². The Bertz CT molecular complexity index is 217. The van der Waals surface area contributed by atoms with Crippen LogP contribution in [0.2, 0.25) is 0 Å². The molecule has 1 aromatic rings. The summed E-state index contributed by atoms with van der Waals surface area (Å²) in [6.07, 6.45) is 4.39. The number of anilines is 1. The zero-order valence-electron chi connectivity index (χ0n) is 5.09. The van der Waals surface area contributed by atoms with Crippen LogP contribution < -0.4 is 5.73 Å². The smallest absolute Gasteiger partial charge is 0.122 e. The minimum atomic E-state index is 0. The second-order valence-electron chi connectivity index (χ2n) is 2.51. The number of nitrogens with two attached hydrogens (primary N) is 1. The molecule has 0 saturated heterocycles. The second kappa shape index (κ2) is 1.50. The topological polar surface area (TPSA) is 54.7 Å². The fourth-order valence-corrected chi connectivity index (χ4v) is 1.03. The van der Waals surface area contributed by atoms with E-state index < -0.39 is 0 Å². The van der Waals surface area contributed by atoms with Crippen LogP contribution in [0, 0.1) is 0 Å². The standard InChI is InChI=1S/C6H9N3.H2/c7-6-5(3-8-9-6)4-1-2-4;/h3-4H,1-2H2,(H3,7,8,9);1H. The number of aromatic amines is 1. The minimum Gasteiger partial charge on any atom is -0.384 e. The van der Waals surface area contributed by atoms with Gasteiger partial charge in [-0.2, -0.15) is 5.10 Å². The van der Waals surface area contributed by atoms with Gasteiger partial charge in [-0.05, 0) is 18.8 Å². The summed E-state index contributed by atoms with van der Waals surface area (Å²) in [5, 5.41) is 6.55. The molecule has 1 heterocycles. The summed E-state index contributed by atoms with van der Waals surface area (Å²) < 4.78 is 0. The molecule has 0 bridgehead atoms.